The lowest BCUT2D eigenvalue weighted by Crippen LogP contribution is -2.38. The Morgan fingerprint density at radius 1 is 1.16 bits per heavy atom. The first-order valence-corrected chi connectivity index (χ1v) is 10.1. The molecule has 1 unspecified atom stereocenters. The molecule has 0 aliphatic heterocycles. The molecule has 0 bridgehead atoms. The lowest BCUT2D eigenvalue weighted by atomic mass is 10.0. The van der Waals surface area contributed by atoms with Crippen molar-refractivity contribution in [1.29, 1.82) is 0 Å². The van der Waals surface area contributed by atoms with Crippen LogP contribution >= 0.6 is 0 Å². The number of allylic oxidation sites excluding steroid dienone is 4. The predicted molar refractivity (Wildman–Crippen MR) is 119 cm³/mol. The monoisotopic (exact) mass is 448 g/mol. The van der Waals surface area contributed by atoms with Crippen molar-refractivity contribution in [2.45, 2.75) is 32.5 Å². The summed E-state index contributed by atoms with van der Waals surface area (Å²) in [5.74, 6) is 0.144. The van der Waals surface area contributed by atoms with E-state index in [1.165, 1.54) is 6.92 Å². The predicted octanol–water partition coefficient (Wildman–Crippen LogP) is 4.48. The molecule has 2 rings (SSSR count). The van der Waals surface area contributed by atoms with E-state index in [4.69, 9.17) is 15.6 Å². The van der Waals surface area contributed by atoms with Gasteiger partial charge in [-0.2, -0.15) is 13.2 Å². The molecule has 4 N–H and O–H groups in total. The van der Waals surface area contributed by atoms with E-state index in [0.29, 0.717) is 30.0 Å². The van der Waals surface area contributed by atoms with Crippen molar-refractivity contribution in [3.63, 3.8) is 0 Å². The Kier molecular flexibility index (Phi) is 9.04. The zero-order valence-corrected chi connectivity index (χ0v) is 17.9. The maximum Gasteiger partial charge on any atom is 0.416 e. The van der Waals surface area contributed by atoms with E-state index >= 15 is 0 Å². The smallest absolute Gasteiger partial charge is 0.416 e. The minimum Gasteiger partial charge on any atom is -0.493 e. The molecule has 2 aromatic rings. The molecule has 8 heteroatoms. The first-order chi connectivity index (χ1) is 15.1. The van der Waals surface area contributed by atoms with Gasteiger partial charge >= 0.3 is 6.18 Å². The molecule has 0 fully saturated rings. The van der Waals surface area contributed by atoms with Crippen LogP contribution in [0, 0.1) is 0 Å². The van der Waals surface area contributed by atoms with Gasteiger partial charge in [0.1, 0.15) is 11.8 Å². The molecule has 2 aromatic carbocycles. The van der Waals surface area contributed by atoms with E-state index in [2.05, 4.69) is 5.32 Å². The van der Waals surface area contributed by atoms with Gasteiger partial charge in [0, 0.05) is 12.1 Å². The Morgan fingerprint density at radius 3 is 2.31 bits per heavy atom. The number of aliphatic hydroxyl groups excluding tert-OH is 1. The number of nitrogens with two attached hydrogens (primary N) is 1. The largest absolute Gasteiger partial charge is 0.493 e. The number of carbonyl (C=O) groups is 1. The molecule has 0 spiro atoms. The quantitative estimate of drug-likeness (QED) is 0.494. The third-order valence-electron chi connectivity index (χ3n) is 4.73. The van der Waals surface area contributed by atoms with Crippen molar-refractivity contribution >= 4 is 17.2 Å². The molecule has 0 radical (unpaired) electrons. The molecule has 172 valence electrons. The number of benzene rings is 2. The third-order valence-corrected chi connectivity index (χ3v) is 4.73. The van der Waals surface area contributed by atoms with E-state index < -0.39 is 30.3 Å². The summed E-state index contributed by atoms with van der Waals surface area (Å²) in [6, 6.07) is 13.1. The number of anilines is 1. The topological polar surface area (TPSA) is 84.6 Å². The van der Waals surface area contributed by atoms with Gasteiger partial charge in [-0.15, -0.1) is 0 Å². The van der Waals surface area contributed by atoms with Gasteiger partial charge in [0.25, 0.3) is 0 Å². The highest BCUT2D eigenvalue weighted by Gasteiger charge is 2.31. The highest BCUT2D eigenvalue weighted by Crippen LogP contribution is 2.29. The SMILES string of the molecule is C/C=C(\C=C(/C)c1ccc(CCOc2ccc(NC(=O)C(N)CO)cc2)cc1)C(F)(F)F. The van der Waals surface area contributed by atoms with Crippen molar-refractivity contribution in [3.05, 3.63) is 77.4 Å². The van der Waals surface area contributed by atoms with E-state index in [0.717, 1.165) is 23.3 Å². The molecular weight excluding hydrogens is 421 g/mol. The van der Waals surface area contributed by atoms with Gasteiger partial charge in [-0.25, -0.2) is 0 Å². The average Bonchev–Trinajstić information content (AvgIpc) is 2.77. The summed E-state index contributed by atoms with van der Waals surface area (Å²) in [7, 11) is 0. The lowest BCUT2D eigenvalue weighted by Gasteiger charge is -2.11. The number of amides is 1. The number of aliphatic hydroxyl groups is 1. The van der Waals surface area contributed by atoms with Crippen LogP contribution in [0.15, 0.2) is 66.3 Å². The zero-order valence-electron chi connectivity index (χ0n) is 17.9. The summed E-state index contributed by atoms with van der Waals surface area (Å²) < 4.78 is 44.4. The average molecular weight is 448 g/mol. The molecule has 1 atom stereocenters. The minimum absolute atomic E-state index is 0.409. The van der Waals surface area contributed by atoms with Crippen LogP contribution < -0.4 is 15.8 Å². The number of carbonyl (C=O) groups excluding carboxylic acids is 1. The van der Waals surface area contributed by atoms with Gasteiger partial charge in [-0.1, -0.05) is 30.3 Å². The molecule has 0 saturated heterocycles. The van der Waals surface area contributed by atoms with Crippen molar-refractivity contribution in [3.8, 4) is 5.75 Å². The molecular formula is C24H27F3N2O3. The maximum atomic E-state index is 12.9. The summed E-state index contributed by atoms with van der Waals surface area (Å²) in [4.78, 5) is 11.7. The fourth-order valence-corrected chi connectivity index (χ4v) is 2.82. The fourth-order valence-electron chi connectivity index (χ4n) is 2.82. The normalized spacial score (nSPS) is 13.6. The molecule has 0 heterocycles. The molecule has 0 aliphatic carbocycles. The Hall–Kier alpha value is -3.10. The van der Waals surface area contributed by atoms with Crippen molar-refractivity contribution in [2.24, 2.45) is 5.73 Å². The first kappa shape index (κ1) is 25.2. The van der Waals surface area contributed by atoms with Crippen LogP contribution in [0.5, 0.6) is 5.75 Å². The highest BCUT2D eigenvalue weighted by molar-refractivity contribution is 5.94. The van der Waals surface area contributed by atoms with Crippen LogP contribution in [-0.4, -0.2) is 36.4 Å². The number of nitrogens with one attached hydrogen (secondary N) is 1. The van der Waals surface area contributed by atoms with E-state index in [1.807, 2.05) is 12.1 Å². The first-order valence-electron chi connectivity index (χ1n) is 10.1. The summed E-state index contributed by atoms with van der Waals surface area (Å²) in [6.45, 7) is 2.99. The molecule has 0 saturated carbocycles. The molecule has 5 nitrogen and oxygen atoms in total. The van der Waals surface area contributed by atoms with Gasteiger partial charge in [-0.3, -0.25) is 4.79 Å². The van der Waals surface area contributed by atoms with Gasteiger partial charge in [0.2, 0.25) is 5.91 Å². The molecule has 1 amide bonds. The second kappa shape index (κ2) is 11.5. The zero-order chi connectivity index (χ0) is 23.7. The standard InChI is InChI=1S/C24H27F3N2O3/c1-3-19(24(25,26)27)14-16(2)18-6-4-17(5-7-18)12-13-32-21-10-8-20(9-11-21)29-23(31)22(28)15-30/h3-11,14,22,30H,12-13,15,28H2,1-2H3,(H,29,31)/b16-14+,19-3+. The Bertz CT molecular complexity index is 950. The summed E-state index contributed by atoms with van der Waals surface area (Å²) in [6.07, 6.45) is -1.56. The number of ether oxygens (including phenoxy) is 1. The van der Waals surface area contributed by atoms with Crippen LogP contribution in [0.4, 0.5) is 18.9 Å². The van der Waals surface area contributed by atoms with E-state index in [1.54, 1.807) is 43.3 Å². The van der Waals surface area contributed by atoms with Crippen LogP contribution in [-0.2, 0) is 11.2 Å². The van der Waals surface area contributed by atoms with Crippen molar-refractivity contribution in [2.75, 3.05) is 18.5 Å². The minimum atomic E-state index is -4.37. The molecule has 0 aliphatic rings. The number of halogens is 3. The maximum absolute atomic E-state index is 12.9. The van der Waals surface area contributed by atoms with Gasteiger partial charge in [0.05, 0.1) is 18.8 Å². The van der Waals surface area contributed by atoms with Crippen LogP contribution in [0.25, 0.3) is 5.57 Å². The van der Waals surface area contributed by atoms with Gasteiger partial charge in [-0.05, 0) is 60.9 Å². The second-order valence-electron chi connectivity index (χ2n) is 7.17. The Labute approximate surface area is 185 Å². The van der Waals surface area contributed by atoms with Crippen LogP contribution in [0.3, 0.4) is 0 Å². The molecule has 32 heavy (non-hydrogen) atoms. The lowest BCUT2D eigenvalue weighted by molar-refractivity contribution is -0.118. The van der Waals surface area contributed by atoms with Gasteiger partial charge in [0.15, 0.2) is 0 Å². The summed E-state index contributed by atoms with van der Waals surface area (Å²) in [5.41, 5.74) is 7.56. The van der Waals surface area contributed by atoms with E-state index in [-0.39, 0.29) is 0 Å². The van der Waals surface area contributed by atoms with Gasteiger partial charge < -0.3 is 20.9 Å². The Balaban J connectivity index is 1.88. The fraction of sp³-hybridized carbons (Fsp3) is 0.292. The van der Waals surface area contributed by atoms with Crippen LogP contribution in [0.1, 0.15) is 25.0 Å². The number of hydrogen-bond acceptors (Lipinski definition) is 4. The second-order valence-corrected chi connectivity index (χ2v) is 7.17. The Morgan fingerprint density at radius 2 is 1.78 bits per heavy atom. The summed E-state index contributed by atoms with van der Waals surface area (Å²) in [5, 5.41) is 11.5. The number of alkyl halides is 3. The summed E-state index contributed by atoms with van der Waals surface area (Å²) >= 11 is 0. The highest BCUT2D eigenvalue weighted by atomic mass is 19.4. The molecule has 0 aromatic heterocycles. The van der Waals surface area contributed by atoms with Crippen molar-refractivity contribution < 1.29 is 27.8 Å². The number of hydrogen-bond donors (Lipinski definition) is 3. The number of rotatable bonds is 9. The van der Waals surface area contributed by atoms with Crippen LogP contribution in [0.2, 0.25) is 0 Å². The third kappa shape index (κ3) is 7.55. The van der Waals surface area contributed by atoms with E-state index in [9.17, 15) is 18.0 Å². The van der Waals surface area contributed by atoms with Crippen molar-refractivity contribution in [1.82, 2.24) is 0 Å².